The lowest BCUT2D eigenvalue weighted by Crippen LogP contribution is -1.97. The molecule has 0 aliphatic heterocycles. The summed E-state index contributed by atoms with van der Waals surface area (Å²) in [4.78, 5) is 16.3. The van der Waals surface area contributed by atoms with Crippen LogP contribution in [0.4, 0.5) is 11.4 Å². The largest absolute Gasteiger partial charge is 0.382 e. The summed E-state index contributed by atoms with van der Waals surface area (Å²) in [5.74, 6) is 0.668. The molecule has 0 saturated heterocycles. The predicted octanol–water partition coefficient (Wildman–Crippen LogP) is 5.07. The van der Waals surface area contributed by atoms with Crippen LogP contribution in [-0.2, 0) is 4.79 Å². The Labute approximate surface area is 145 Å². The van der Waals surface area contributed by atoms with Crippen LogP contribution in [0.3, 0.4) is 0 Å². The first-order valence-electron chi connectivity index (χ1n) is 7.51. The first kappa shape index (κ1) is 19.0. The molecule has 0 aliphatic carbocycles. The van der Waals surface area contributed by atoms with Gasteiger partial charge in [0.05, 0.1) is 5.69 Å². The molecule has 2 aromatic carbocycles. The van der Waals surface area contributed by atoms with E-state index in [1.165, 1.54) is 0 Å². The lowest BCUT2D eigenvalue weighted by Gasteiger charge is -2.09. The molecular formula is C20H25N3O. The zero-order valence-corrected chi connectivity index (χ0v) is 14.2. The number of rotatable bonds is 5. The molecule has 126 valence electrons. The fourth-order valence-electron chi connectivity index (χ4n) is 2.12. The highest BCUT2D eigenvalue weighted by Crippen LogP contribution is 2.29. The van der Waals surface area contributed by atoms with Crippen molar-refractivity contribution in [2.75, 3.05) is 11.9 Å². The lowest BCUT2D eigenvalue weighted by atomic mass is 10.0. The van der Waals surface area contributed by atoms with Crippen molar-refractivity contribution in [3.63, 3.8) is 0 Å². The fourth-order valence-corrected chi connectivity index (χ4v) is 2.12. The van der Waals surface area contributed by atoms with Crippen molar-refractivity contribution in [2.45, 2.75) is 13.8 Å². The van der Waals surface area contributed by atoms with Crippen LogP contribution in [0.15, 0.2) is 65.1 Å². The van der Waals surface area contributed by atoms with Crippen LogP contribution in [0.2, 0.25) is 0 Å². The fraction of sp³-hybridized carbons (Fsp3) is 0.150. The normalized spacial score (nSPS) is 10.3. The molecule has 0 saturated carbocycles. The minimum Gasteiger partial charge on any atom is -0.382 e. The van der Waals surface area contributed by atoms with Crippen molar-refractivity contribution >= 4 is 30.7 Å². The first-order chi connectivity index (χ1) is 11.6. The number of hydrogen-bond acceptors (Lipinski definition) is 3. The van der Waals surface area contributed by atoms with E-state index in [4.69, 9.17) is 4.79 Å². The third kappa shape index (κ3) is 5.32. The van der Waals surface area contributed by atoms with E-state index in [0.717, 1.165) is 34.6 Å². The topological polar surface area (TPSA) is 53.8 Å². The van der Waals surface area contributed by atoms with Gasteiger partial charge in [0.1, 0.15) is 12.6 Å². The SMILES string of the molecule is C=CCNc1cccc(-c2ccc(C)c(N=C(C)N=C)c2)c1.C=O.[HH]. The Morgan fingerprint density at radius 1 is 1.21 bits per heavy atom. The lowest BCUT2D eigenvalue weighted by molar-refractivity contribution is -0.0979. The number of aliphatic imine (C=N–C) groups is 2. The molecule has 4 nitrogen and oxygen atoms in total. The Kier molecular flexibility index (Phi) is 7.85. The summed E-state index contributed by atoms with van der Waals surface area (Å²) in [6.45, 7) is 13.9. The molecule has 0 aromatic heterocycles. The standard InChI is InChI=1S/C19H21N3.CH2O.H2/c1-5-11-21-18-8-6-7-16(12-18)17-10-9-14(2)19(13-17)22-15(3)20-4;1-2;/h5-10,12-13,21H,1,4,11H2,2-3H3;1H2;1H. The van der Waals surface area contributed by atoms with Gasteiger partial charge in [-0.25, -0.2) is 9.98 Å². The Balaban J connectivity index is 0.00000185. The van der Waals surface area contributed by atoms with Crippen molar-refractivity contribution in [1.82, 2.24) is 0 Å². The van der Waals surface area contributed by atoms with Crippen LogP contribution in [0, 0.1) is 6.92 Å². The number of carbonyl (C=O) groups excluding carboxylic acids is 1. The second-order valence-corrected chi connectivity index (χ2v) is 5.07. The molecular weight excluding hydrogens is 298 g/mol. The summed E-state index contributed by atoms with van der Waals surface area (Å²) in [7, 11) is 0. The summed E-state index contributed by atoms with van der Waals surface area (Å²) < 4.78 is 0. The van der Waals surface area contributed by atoms with E-state index in [1.807, 2.05) is 38.8 Å². The maximum absolute atomic E-state index is 8.00. The molecule has 24 heavy (non-hydrogen) atoms. The van der Waals surface area contributed by atoms with Crippen molar-refractivity contribution in [1.29, 1.82) is 0 Å². The highest BCUT2D eigenvalue weighted by molar-refractivity contribution is 5.87. The monoisotopic (exact) mass is 323 g/mol. The second kappa shape index (κ2) is 9.90. The molecule has 0 amide bonds. The zero-order chi connectivity index (χ0) is 17.9. The molecule has 0 heterocycles. The molecule has 1 N–H and O–H groups in total. The number of amidine groups is 1. The van der Waals surface area contributed by atoms with Gasteiger partial charge in [0, 0.05) is 13.7 Å². The van der Waals surface area contributed by atoms with E-state index in [2.05, 4.69) is 58.9 Å². The van der Waals surface area contributed by atoms with E-state index < -0.39 is 0 Å². The zero-order valence-electron chi connectivity index (χ0n) is 14.2. The number of aryl methyl sites for hydroxylation is 1. The van der Waals surface area contributed by atoms with Crippen LogP contribution in [0.5, 0.6) is 0 Å². The summed E-state index contributed by atoms with van der Waals surface area (Å²) in [5.41, 5.74) is 5.39. The van der Waals surface area contributed by atoms with Crippen molar-refractivity contribution < 1.29 is 6.22 Å². The minimum absolute atomic E-state index is 0. The van der Waals surface area contributed by atoms with E-state index in [9.17, 15) is 0 Å². The van der Waals surface area contributed by atoms with Gasteiger partial charge in [0.15, 0.2) is 0 Å². The van der Waals surface area contributed by atoms with Gasteiger partial charge in [0.25, 0.3) is 0 Å². The first-order valence-corrected chi connectivity index (χ1v) is 7.51. The van der Waals surface area contributed by atoms with E-state index in [0.29, 0.717) is 5.84 Å². The maximum Gasteiger partial charge on any atom is 0.125 e. The Bertz CT molecular complexity index is 741. The maximum atomic E-state index is 8.00. The summed E-state index contributed by atoms with van der Waals surface area (Å²) in [6, 6.07) is 14.6. The van der Waals surface area contributed by atoms with E-state index >= 15 is 0 Å². The Morgan fingerprint density at radius 2 is 1.92 bits per heavy atom. The molecule has 0 spiro atoms. The number of nitrogens with one attached hydrogen (secondary N) is 1. The number of carbonyl (C=O) groups is 1. The van der Waals surface area contributed by atoms with Gasteiger partial charge in [-0.15, -0.1) is 6.58 Å². The quantitative estimate of drug-likeness (QED) is 0.474. The number of benzene rings is 2. The van der Waals surface area contributed by atoms with Gasteiger partial charge in [0.2, 0.25) is 0 Å². The molecule has 0 unspecified atom stereocenters. The molecule has 0 atom stereocenters. The van der Waals surface area contributed by atoms with Gasteiger partial charge in [-0.1, -0.05) is 30.3 Å². The minimum atomic E-state index is 0. The summed E-state index contributed by atoms with van der Waals surface area (Å²) in [5, 5.41) is 3.30. The Hall–Kier alpha value is -3.01. The Morgan fingerprint density at radius 3 is 2.58 bits per heavy atom. The van der Waals surface area contributed by atoms with Crippen LogP contribution < -0.4 is 5.32 Å². The van der Waals surface area contributed by atoms with Gasteiger partial charge in [-0.05, 0) is 55.5 Å². The number of anilines is 1. The third-order valence-electron chi connectivity index (χ3n) is 3.37. The number of nitrogens with zero attached hydrogens (tertiary/aromatic N) is 2. The second-order valence-electron chi connectivity index (χ2n) is 5.07. The molecule has 2 aromatic rings. The van der Waals surface area contributed by atoms with Gasteiger partial charge in [-0.2, -0.15) is 0 Å². The van der Waals surface area contributed by atoms with Crippen LogP contribution in [0.25, 0.3) is 11.1 Å². The van der Waals surface area contributed by atoms with Crippen LogP contribution in [0.1, 0.15) is 13.9 Å². The number of hydrogen-bond donors (Lipinski definition) is 1. The molecule has 0 bridgehead atoms. The van der Waals surface area contributed by atoms with Crippen molar-refractivity contribution in [3.8, 4) is 11.1 Å². The molecule has 0 aliphatic rings. The molecule has 4 heteroatoms. The summed E-state index contributed by atoms with van der Waals surface area (Å²) in [6.07, 6.45) is 1.84. The average Bonchev–Trinajstić information content (AvgIpc) is 2.63. The average molecular weight is 323 g/mol. The van der Waals surface area contributed by atoms with E-state index in [-0.39, 0.29) is 1.43 Å². The van der Waals surface area contributed by atoms with Crippen LogP contribution >= 0.6 is 0 Å². The summed E-state index contributed by atoms with van der Waals surface area (Å²) >= 11 is 0. The highest BCUT2D eigenvalue weighted by Gasteiger charge is 2.03. The van der Waals surface area contributed by atoms with Gasteiger partial charge >= 0.3 is 0 Å². The van der Waals surface area contributed by atoms with Gasteiger partial charge in [-0.3, -0.25) is 0 Å². The molecule has 0 radical (unpaired) electrons. The predicted molar refractivity (Wildman–Crippen MR) is 107 cm³/mol. The van der Waals surface area contributed by atoms with Crippen molar-refractivity contribution in [3.05, 3.63) is 60.7 Å². The molecule has 0 fully saturated rings. The third-order valence-corrected chi connectivity index (χ3v) is 3.37. The van der Waals surface area contributed by atoms with E-state index in [1.54, 1.807) is 0 Å². The highest BCUT2D eigenvalue weighted by atomic mass is 16.1. The van der Waals surface area contributed by atoms with Gasteiger partial charge < -0.3 is 10.1 Å². The van der Waals surface area contributed by atoms with Crippen LogP contribution in [-0.4, -0.2) is 25.9 Å². The smallest absolute Gasteiger partial charge is 0.125 e. The van der Waals surface area contributed by atoms with Crippen molar-refractivity contribution in [2.24, 2.45) is 9.98 Å². The molecule has 2 rings (SSSR count).